The van der Waals surface area contributed by atoms with Gasteiger partial charge >= 0.3 is 0 Å². The first-order valence-electron chi connectivity index (χ1n) is 18.3. The molecule has 4 aliphatic rings. The van der Waals surface area contributed by atoms with Crippen molar-refractivity contribution >= 4 is 72.4 Å². The number of hydrogen-bond donors (Lipinski definition) is 2. The summed E-state index contributed by atoms with van der Waals surface area (Å²) in [6.07, 6.45) is 15.3. The predicted molar refractivity (Wildman–Crippen MR) is 228 cm³/mol. The summed E-state index contributed by atoms with van der Waals surface area (Å²) >= 11 is 5.96. The fourth-order valence-electron chi connectivity index (χ4n) is 8.19. The molecule has 1 saturated heterocycles. The standard InChI is InChI=1S/C39H29N3OS.C5H10S.C2H6/c1-22-37-38-29(21-30-25-9-3-7-13-34(25)43-39(30)37)27-19-23(24-16-18-36-28(20-24)26-10-4-8-14-35(26)44-36)15-17-32(27)42(38)40-31-11-5-6-12-33(31)41(22)2;1-3-4-5(2)6;1-2/h3-21,29,31,33,38,40H,1H2,2H3;3-6H,1-2H3;1-2H3/b;4-3-;. The van der Waals surface area contributed by atoms with Gasteiger partial charge in [-0.1, -0.05) is 118 Å². The Balaban J connectivity index is 0.000000443. The quantitative estimate of drug-likeness (QED) is 0.138. The molecule has 2 aliphatic carbocycles. The van der Waals surface area contributed by atoms with Crippen LogP contribution in [-0.4, -0.2) is 35.3 Å². The zero-order chi connectivity index (χ0) is 36.1. The van der Waals surface area contributed by atoms with Crippen LogP contribution >= 0.6 is 24.0 Å². The lowest BCUT2D eigenvalue weighted by Crippen LogP contribution is -2.60. The Labute approximate surface area is 315 Å². The van der Waals surface area contributed by atoms with Crippen LogP contribution < -0.4 is 21.1 Å². The van der Waals surface area contributed by atoms with E-state index in [1.807, 2.05) is 51.2 Å². The summed E-state index contributed by atoms with van der Waals surface area (Å²) in [7, 11) is 2.16. The van der Waals surface area contributed by atoms with E-state index >= 15 is 0 Å². The highest BCUT2D eigenvalue weighted by atomic mass is 32.1. The number of fused-ring (bicyclic) bond motifs is 10. The summed E-state index contributed by atoms with van der Waals surface area (Å²) in [5.41, 5.74) is 13.0. The second kappa shape index (κ2) is 14.0. The molecule has 2 aliphatic heterocycles. The highest BCUT2D eigenvalue weighted by Gasteiger charge is 2.47. The lowest BCUT2D eigenvalue weighted by atomic mass is 9.83. The van der Waals surface area contributed by atoms with Crippen LogP contribution in [0.25, 0.3) is 53.9 Å². The third-order valence-electron chi connectivity index (χ3n) is 10.5. The van der Waals surface area contributed by atoms with Crippen LogP contribution in [0.5, 0.6) is 0 Å². The van der Waals surface area contributed by atoms with E-state index in [0.29, 0.717) is 5.25 Å². The van der Waals surface area contributed by atoms with Crippen molar-refractivity contribution in [2.45, 2.75) is 57.0 Å². The fourth-order valence-corrected chi connectivity index (χ4v) is 9.44. The van der Waals surface area contributed by atoms with Crippen molar-refractivity contribution in [3.8, 4) is 11.1 Å². The molecule has 10 rings (SSSR count). The zero-order valence-electron chi connectivity index (χ0n) is 30.4. The molecule has 0 amide bonds. The largest absolute Gasteiger partial charge is 0.456 e. The van der Waals surface area contributed by atoms with Gasteiger partial charge in [0.15, 0.2) is 0 Å². The number of nitrogens with one attached hydrogen (secondary N) is 1. The summed E-state index contributed by atoms with van der Waals surface area (Å²) in [6.45, 7) is 12.7. The number of allylic oxidation sites excluding steroid dienone is 3. The number of anilines is 1. The van der Waals surface area contributed by atoms with E-state index in [-0.39, 0.29) is 24.0 Å². The van der Waals surface area contributed by atoms with E-state index in [4.69, 9.17) is 11.0 Å². The van der Waals surface area contributed by atoms with Crippen molar-refractivity contribution in [1.82, 2.24) is 10.3 Å². The highest BCUT2D eigenvalue weighted by molar-refractivity contribution is 7.81. The molecule has 0 saturated carbocycles. The molecule has 0 radical (unpaired) electrons. The van der Waals surface area contributed by atoms with E-state index in [1.54, 1.807) is 0 Å². The second-order valence-corrected chi connectivity index (χ2v) is 15.5. The lowest BCUT2D eigenvalue weighted by molar-refractivity contribution is 0.292. The molecule has 6 heteroatoms. The van der Waals surface area contributed by atoms with Gasteiger partial charge in [0.1, 0.15) is 11.0 Å². The molecule has 262 valence electrons. The van der Waals surface area contributed by atoms with Crippen molar-refractivity contribution in [3.05, 3.63) is 150 Å². The Morgan fingerprint density at radius 3 is 2.38 bits per heavy atom. The molecule has 1 N–H and O–H groups in total. The van der Waals surface area contributed by atoms with Gasteiger partial charge in [0.2, 0.25) is 0 Å². The van der Waals surface area contributed by atoms with Crippen molar-refractivity contribution in [2.75, 3.05) is 12.1 Å². The molecule has 4 aromatic carbocycles. The average Bonchev–Trinajstić information content (AvgIpc) is 3.83. The fraction of sp³-hybridized carbons (Fsp3) is 0.217. The van der Waals surface area contributed by atoms with E-state index in [9.17, 15) is 0 Å². The van der Waals surface area contributed by atoms with Gasteiger partial charge in [-0.25, -0.2) is 5.43 Å². The van der Waals surface area contributed by atoms with E-state index < -0.39 is 0 Å². The number of hydrazine groups is 1. The number of rotatable bonds is 2. The molecule has 4 nitrogen and oxygen atoms in total. The van der Waals surface area contributed by atoms with Crippen molar-refractivity contribution in [1.29, 1.82) is 0 Å². The number of furan rings is 1. The summed E-state index contributed by atoms with van der Waals surface area (Å²) in [4.78, 5) is 2.32. The van der Waals surface area contributed by atoms with Crippen LogP contribution in [0, 0.1) is 0 Å². The zero-order valence-corrected chi connectivity index (χ0v) is 32.1. The van der Waals surface area contributed by atoms with E-state index in [0.717, 1.165) is 27.7 Å². The van der Waals surface area contributed by atoms with Crippen LogP contribution in [0.15, 0.2) is 138 Å². The first-order valence-corrected chi connectivity index (χ1v) is 19.7. The first kappa shape index (κ1) is 34.3. The van der Waals surface area contributed by atoms with Gasteiger partial charge in [-0.15, -0.1) is 11.3 Å². The number of thiol groups is 1. The van der Waals surface area contributed by atoms with Crippen LogP contribution in [-0.2, 0) is 0 Å². The lowest BCUT2D eigenvalue weighted by Gasteiger charge is -2.45. The van der Waals surface area contributed by atoms with Crippen LogP contribution in [0.1, 0.15) is 39.2 Å². The Kier molecular flexibility index (Phi) is 9.24. The van der Waals surface area contributed by atoms with Crippen LogP contribution in [0.4, 0.5) is 5.69 Å². The van der Waals surface area contributed by atoms with Crippen molar-refractivity contribution in [3.63, 3.8) is 0 Å². The Hall–Kier alpha value is -4.75. The van der Waals surface area contributed by atoms with Crippen LogP contribution in [0.2, 0.25) is 0 Å². The number of benzene rings is 4. The SMILES string of the molecule is C/C=C\C(C)S.C=C1C2=c3oc4ccccc4c3=CC3c4cc(-c5ccc6sc7ccccc7c6c5)ccc4N(NC4C=CC=CC4N1C)C23.CC. The Morgan fingerprint density at radius 2 is 1.60 bits per heavy atom. The maximum atomic E-state index is 6.65. The Morgan fingerprint density at radius 1 is 0.885 bits per heavy atom. The molecule has 0 bridgehead atoms. The molecular weight excluding hydrogens is 675 g/mol. The monoisotopic (exact) mass is 719 g/mol. The number of para-hydroxylation sites is 1. The molecule has 2 aromatic heterocycles. The maximum Gasteiger partial charge on any atom is 0.142 e. The molecule has 4 heterocycles. The number of thiophene rings is 1. The predicted octanol–water partition coefficient (Wildman–Crippen LogP) is 10.1. The third kappa shape index (κ3) is 5.65. The Bertz CT molecular complexity index is 2550. The minimum Gasteiger partial charge on any atom is -0.456 e. The van der Waals surface area contributed by atoms with Gasteiger partial charge in [0.25, 0.3) is 0 Å². The summed E-state index contributed by atoms with van der Waals surface area (Å²) < 4.78 is 9.32. The maximum absolute atomic E-state index is 6.65. The van der Waals surface area contributed by atoms with Gasteiger partial charge in [0.05, 0.1) is 23.8 Å². The van der Waals surface area contributed by atoms with E-state index in [2.05, 4.69) is 150 Å². The normalized spacial score (nSPS) is 21.7. The molecule has 5 atom stereocenters. The number of likely N-dealkylation sites (N-methyl/N-ethyl adjacent to an activating group) is 1. The molecule has 5 unspecified atom stereocenters. The minimum absolute atomic E-state index is 0.0202. The van der Waals surface area contributed by atoms with E-state index in [1.165, 1.54) is 47.8 Å². The number of nitrogens with zero attached hydrogens (tertiary/aromatic N) is 2. The summed E-state index contributed by atoms with van der Waals surface area (Å²) in [6, 6.07) is 31.3. The van der Waals surface area contributed by atoms with Gasteiger partial charge in [-0.05, 0) is 60.0 Å². The van der Waals surface area contributed by atoms with Gasteiger partial charge < -0.3 is 9.32 Å². The van der Waals surface area contributed by atoms with Crippen LogP contribution in [0.3, 0.4) is 0 Å². The summed E-state index contributed by atoms with van der Waals surface area (Å²) in [5, 5.41) is 7.80. The number of hydrogen-bond acceptors (Lipinski definition) is 6. The average molecular weight is 720 g/mol. The molecular formula is C46H45N3OS2. The van der Waals surface area contributed by atoms with Crippen molar-refractivity contribution < 1.29 is 4.42 Å². The molecule has 0 spiro atoms. The minimum atomic E-state index is 0.0202. The van der Waals surface area contributed by atoms with Gasteiger partial charge in [0, 0.05) is 60.3 Å². The van der Waals surface area contributed by atoms with Gasteiger partial charge in [-0.2, -0.15) is 12.6 Å². The first-order chi connectivity index (χ1) is 25.4. The highest BCUT2D eigenvalue weighted by Crippen LogP contribution is 2.49. The van der Waals surface area contributed by atoms with Gasteiger partial charge in [-0.3, -0.25) is 5.01 Å². The molecule has 52 heavy (non-hydrogen) atoms. The molecule has 1 fully saturated rings. The topological polar surface area (TPSA) is 31.7 Å². The van der Waals surface area contributed by atoms with Crippen molar-refractivity contribution in [2.24, 2.45) is 0 Å². The smallest absolute Gasteiger partial charge is 0.142 e. The molecule has 6 aromatic rings. The summed E-state index contributed by atoms with van der Waals surface area (Å²) in [5.74, 6) is 0.136. The third-order valence-corrected chi connectivity index (χ3v) is 11.9. The second-order valence-electron chi connectivity index (χ2n) is 13.6.